The van der Waals surface area contributed by atoms with Crippen molar-refractivity contribution in [2.24, 2.45) is 0 Å². The van der Waals surface area contributed by atoms with Crippen molar-refractivity contribution in [3.63, 3.8) is 0 Å². The molecule has 0 unspecified atom stereocenters. The molecule has 0 atom stereocenters. The molecule has 0 fully saturated rings. The Balaban J connectivity index is 1.56. The van der Waals surface area contributed by atoms with Crippen LogP contribution < -0.4 is 0 Å². The van der Waals surface area contributed by atoms with E-state index in [1.165, 1.54) is 33.0 Å². The van der Waals surface area contributed by atoms with Gasteiger partial charge < -0.3 is 9.13 Å². The second-order valence-corrected chi connectivity index (χ2v) is 20.2. The van der Waals surface area contributed by atoms with Crippen LogP contribution in [0.15, 0.2) is 109 Å². The van der Waals surface area contributed by atoms with E-state index in [-0.39, 0.29) is 21.7 Å². The van der Waals surface area contributed by atoms with Crippen LogP contribution in [0.3, 0.4) is 0 Å². The molecule has 0 aliphatic heterocycles. The van der Waals surface area contributed by atoms with E-state index in [9.17, 15) is 5.26 Å². The second-order valence-electron chi connectivity index (χ2n) is 20.2. The first-order valence-corrected chi connectivity index (χ1v) is 20.4. The molecular weight excluding hydrogens is 705 g/mol. The molecule has 4 nitrogen and oxygen atoms in total. The summed E-state index contributed by atoms with van der Waals surface area (Å²) in [6, 6.07) is 41.8. The number of hydrogen-bond donors (Lipinski definition) is 0. The van der Waals surface area contributed by atoms with Gasteiger partial charge in [0.2, 0.25) is 5.69 Å². The van der Waals surface area contributed by atoms with Gasteiger partial charge >= 0.3 is 0 Å². The Bertz CT molecular complexity index is 2910. The fourth-order valence-electron chi connectivity index (χ4n) is 8.49. The summed E-state index contributed by atoms with van der Waals surface area (Å²) in [6.45, 7) is 36.2. The highest BCUT2D eigenvalue weighted by Crippen LogP contribution is 2.47. The molecule has 0 aliphatic rings. The van der Waals surface area contributed by atoms with Gasteiger partial charge in [-0.3, -0.25) is 0 Å². The average molecular weight is 759 g/mol. The predicted molar refractivity (Wildman–Crippen MR) is 246 cm³/mol. The average Bonchev–Trinajstić information content (AvgIpc) is 3.67. The fourth-order valence-corrected chi connectivity index (χ4v) is 8.49. The third kappa shape index (κ3) is 6.37. The van der Waals surface area contributed by atoms with E-state index in [0.717, 1.165) is 55.3 Å². The molecule has 8 rings (SSSR count). The van der Waals surface area contributed by atoms with Crippen LogP contribution in [-0.4, -0.2) is 9.13 Å². The summed E-state index contributed by atoms with van der Waals surface area (Å²) in [7, 11) is 0. The van der Waals surface area contributed by atoms with E-state index in [1.54, 1.807) is 0 Å². The van der Waals surface area contributed by atoms with E-state index in [1.807, 2.05) is 18.2 Å². The number of nitrogens with zero attached hydrogens (tertiary/aromatic N) is 4. The zero-order valence-corrected chi connectivity index (χ0v) is 36.2. The SMILES string of the molecule is [C-]#[N+]c1c(-n2c3ccc(C(C)(C)C)cc3c3cc(C(C)(C)C)ccc32)ccc(-c2cccc(C#N)c2)c1-n1c2ccc(C(C)(C)C)cc2c2cc(C(C)(C)C)ccc21. The van der Waals surface area contributed by atoms with Crippen LogP contribution in [0.5, 0.6) is 0 Å². The van der Waals surface area contributed by atoms with Crippen LogP contribution in [-0.2, 0) is 21.7 Å². The van der Waals surface area contributed by atoms with E-state index in [2.05, 4.69) is 194 Å². The number of aromatic nitrogens is 2. The van der Waals surface area contributed by atoms with Crippen molar-refractivity contribution in [1.29, 1.82) is 5.26 Å². The first-order valence-electron chi connectivity index (χ1n) is 20.4. The van der Waals surface area contributed by atoms with Crippen molar-refractivity contribution in [3.05, 3.63) is 148 Å². The largest absolute Gasteiger partial charge is 0.319 e. The zero-order valence-electron chi connectivity index (χ0n) is 36.2. The standard InChI is InChI=1S/C54H54N4/c1-51(2,3)35-17-22-44-40(28-35)41-29-36(52(4,5)6)18-23-45(41)57(44)48-26-21-39(34-16-14-15-33(27-34)32-55)50(49(48)56-13)58-46-24-19-37(53(7,8)9)30-42(46)43-31-38(54(10,11)12)20-25-47(43)58/h14-31H,1-12H3. The maximum Gasteiger partial charge on any atom is 0.234 e. The van der Waals surface area contributed by atoms with Crippen LogP contribution in [0.25, 0.3) is 71.0 Å². The Morgan fingerprint density at radius 2 is 0.879 bits per heavy atom. The lowest BCUT2D eigenvalue weighted by atomic mass is 9.85. The lowest BCUT2D eigenvalue weighted by molar-refractivity contribution is 0.590. The van der Waals surface area contributed by atoms with E-state index >= 15 is 0 Å². The monoisotopic (exact) mass is 758 g/mol. The van der Waals surface area contributed by atoms with Gasteiger partial charge in [-0.1, -0.05) is 126 Å². The van der Waals surface area contributed by atoms with Crippen LogP contribution in [0.2, 0.25) is 0 Å². The van der Waals surface area contributed by atoms with Crippen molar-refractivity contribution in [1.82, 2.24) is 9.13 Å². The van der Waals surface area contributed by atoms with Crippen molar-refractivity contribution >= 4 is 49.3 Å². The highest BCUT2D eigenvalue weighted by atomic mass is 15.1. The van der Waals surface area contributed by atoms with Crippen molar-refractivity contribution < 1.29 is 0 Å². The van der Waals surface area contributed by atoms with Crippen molar-refractivity contribution in [3.8, 4) is 28.6 Å². The molecule has 0 bridgehead atoms. The summed E-state index contributed by atoms with van der Waals surface area (Å²) < 4.78 is 4.62. The van der Waals surface area contributed by atoms with Gasteiger partial charge in [-0.15, -0.1) is 0 Å². The van der Waals surface area contributed by atoms with Gasteiger partial charge in [0.05, 0.1) is 51.6 Å². The minimum Gasteiger partial charge on any atom is -0.319 e. The third-order valence-corrected chi connectivity index (χ3v) is 12.0. The van der Waals surface area contributed by atoms with E-state index in [4.69, 9.17) is 6.57 Å². The lowest BCUT2D eigenvalue weighted by Crippen LogP contribution is -2.10. The summed E-state index contributed by atoms with van der Waals surface area (Å²) in [5.41, 5.74) is 13.7. The summed E-state index contributed by atoms with van der Waals surface area (Å²) in [6.07, 6.45) is 0. The topological polar surface area (TPSA) is 38.0 Å². The highest BCUT2D eigenvalue weighted by Gasteiger charge is 2.28. The van der Waals surface area contributed by atoms with Gasteiger partial charge in [-0.25, -0.2) is 4.85 Å². The molecule has 4 heteroatoms. The Labute approximate surface area is 344 Å². The number of benzene rings is 6. The lowest BCUT2D eigenvalue weighted by Gasteiger charge is -2.22. The van der Waals surface area contributed by atoms with E-state index < -0.39 is 0 Å². The zero-order chi connectivity index (χ0) is 41.7. The summed E-state index contributed by atoms with van der Waals surface area (Å²) in [5.74, 6) is 0. The minimum atomic E-state index is -0.0506. The molecule has 0 aliphatic carbocycles. The molecular formula is C54H54N4. The number of hydrogen-bond acceptors (Lipinski definition) is 1. The quantitative estimate of drug-likeness (QED) is 0.165. The highest BCUT2D eigenvalue weighted by molar-refractivity contribution is 6.13. The summed E-state index contributed by atoms with van der Waals surface area (Å²) >= 11 is 0. The van der Waals surface area contributed by atoms with Gasteiger partial charge in [-0.05, 0) is 122 Å². The molecule has 6 aromatic carbocycles. The smallest absolute Gasteiger partial charge is 0.234 e. The molecule has 0 spiro atoms. The molecule has 8 aromatic rings. The normalized spacial score (nSPS) is 12.8. The third-order valence-electron chi connectivity index (χ3n) is 12.0. The molecule has 58 heavy (non-hydrogen) atoms. The Kier molecular flexibility index (Phi) is 8.84. The van der Waals surface area contributed by atoms with Gasteiger partial charge in [0.1, 0.15) is 0 Å². The maximum atomic E-state index is 10.0. The van der Waals surface area contributed by atoms with Gasteiger partial charge in [0.15, 0.2) is 0 Å². The van der Waals surface area contributed by atoms with Gasteiger partial charge in [-0.2, -0.15) is 5.26 Å². The second kappa shape index (κ2) is 13.2. The molecule has 0 saturated carbocycles. The Hall–Kier alpha value is -6.10. The summed E-state index contributed by atoms with van der Waals surface area (Å²) in [5, 5.41) is 14.7. The molecule has 0 N–H and O–H groups in total. The Morgan fingerprint density at radius 1 is 0.483 bits per heavy atom. The van der Waals surface area contributed by atoms with Crippen LogP contribution in [0.1, 0.15) is 111 Å². The van der Waals surface area contributed by atoms with Crippen LogP contribution >= 0.6 is 0 Å². The number of rotatable bonds is 3. The van der Waals surface area contributed by atoms with E-state index in [0.29, 0.717) is 11.3 Å². The van der Waals surface area contributed by atoms with Gasteiger partial charge in [0, 0.05) is 21.5 Å². The minimum absolute atomic E-state index is 0.0328. The number of fused-ring (bicyclic) bond motifs is 6. The van der Waals surface area contributed by atoms with Crippen LogP contribution in [0.4, 0.5) is 5.69 Å². The molecule has 0 saturated heterocycles. The van der Waals surface area contributed by atoms with Crippen molar-refractivity contribution in [2.45, 2.75) is 105 Å². The fraction of sp³-hybridized carbons (Fsp3) is 0.296. The molecule has 2 heterocycles. The Morgan fingerprint density at radius 3 is 1.24 bits per heavy atom. The first kappa shape index (κ1) is 38.8. The van der Waals surface area contributed by atoms with Crippen molar-refractivity contribution in [2.75, 3.05) is 0 Å². The molecule has 0 radical (unpaired) electrons. The summed E-state index contributed by atoms with van der Waals surface area (Å²) in [4.78, 5) is 4.51. The first-order chi connectivity index (χ1) is 27.2. The van der Waals surface area contributed by atoms with Crippen LogP contribution in [0, 0.1) is 17.9 Å². The molecule has 290 valence electrons. The number of nitriles is 1. The molecule has 0 amide bonds. The predicted octanol–water partition coefficient (Wildman–Crippen LogP) is 15.2. The maximum absolute atomic E-state index is 10.0. The van der Waals surface area contributed by atoms with Gasteiger partial charge in [0.25, 0.3) is 0 Å². The molecule has 2 aromatic heterocycles.